The third-order valence-electron chi connectivity index (χ3n) is 24.6. The summed E-state index contributed by atoms with van der Waals surface area (Å²) in [5.74, 6) is 14.3. The van der Waals surface area contributed by atoms with E-state index in [-0.39, 0.29) is 179 Å². The van der Waals surface area contributed by atoms with E-state index in [0.717, 1.165) is 0 Å². The molecule has 0 N–H and O–H groups in total. The summed E-state index contributed by atoms with van der Waals surface area (Å²) in [6.45, 7) is 109. The predicted molar refractivity (Wildman–Crippen MR) is 593 cm³/mol. The van der Waals surface area contributed by atoms with Crippen molar-refractivity contribution in [2.75, 3.05) is 0 Å². The second-order valence-corrected chi connectivity index (χ2v) is 50.8. The molecule has 0 heterocycles. The molecule has 8 aromatic rings. The molecule has 0 aromatic heterocycles. The third-order valence-corrected chi connectivity index (χ3v) is 32.5. The first-order chi connectivity index (χ1) is 58.7. The molecule has 0 amide bonds. The van der Waals surface area contributed by atoms with Crippen molar-refractivity contribution in [1.82, 2.24) is 0 Å². The molecule has 0 radical (unpaired) electrons. The molecule has 800 valence electrons. The zero-order valence-corrected chi connectivity index (χ0v) is 118. The van der Waals surface area contributed by atoms with Crippen LogP contribution in [0.15, 0.2) is 97.1 Å². The molecule has 0 atom stereocenters. The molecule has 0 fully saturated rings. The van der Waals surface area contributed by atoms with Crippen molar-refractivity contribution in [1.29, 1.82) is 0 Å². The molecule has 8 rings (SSSR count). The normalized spacial score (nSPS) is 11.1. The minimum Gasteiger partial charge on any atom is 1.00 e. The summed E-state index contributed by atoms with van der Waals surface area (Å²) in [6, 6.07) is 37.9. The summed E-state index contributed by atoms with van der Waals surface area (Å²) in [5.41, 5.74) is 35.2. The van der Waals surface area contributed by atoms with Crippen molar-refractivity contribution in [3.8, 4) is 0 Å². The van der Waals surface area contributed by atoms with Gasteiger partial charge in [-0.15, -0.1) is 0 Å². The molecule has 16 heteroatoms. The van der Waals surface area contributed by atoms with Crippen LogP contribution in [-0.4, -0.2) is 128 Å². The minimum absolute atomic E-state index is 0. The van der Waals surface area contributed by atoms with Gasteiger partial charge in [0.15, 0.2) is 0 Å². The van der Waals surface area contributed by atoms with Crippen LogP contribution in [-0.2, 0) is 179 Å². The van der Waals surface area contributed by atoms with Crippen LogP contribution in [0.25, 0.3) is 0 Å². The van der Waals surface area contributed by atoms with Gasteiger partial charge in [-0.2, -0.15) is 0 Å². The fourth-order valence-electron chi connectivity index (χ4n) is 15.1. The van der Waals surface area contributed by atoms with Crippen molar-refractivity contribution in [2.24, 2.45) is 0 Å². The van der Waals surface area contributed by atoms with E-state index >= 15 is 0 Å². The van der Waals surface area contributed by atoms with Crippen molar-refractivity contribution in [3.63, 3.8) is 0 Å². The van der Waals surface area contributed by atoms with Crippen molar-refractivity contribution < 1.29 is 179 Å². The van der Waals surface area contributed by atoms with Crippen molar-refractivity contribution in [2.45, 2.75) is 474 Å². The van der Waals surface area contributed by atoms with E-state index < -0.39 is 0 Å². The Balaban J connectivity index is -0.000000228. The Labute approximate surface area is 1030 Å². The average Bonchev–Trinajstić information content (AvgIpc) is 0.859. The van der Waals surface area contributed by atoms with Crippen LogP contribution in [0.5, 0.6) is 0 Å². The Morgan fingerprint density at radius 3 is 0.169 bits per heavy atom. The van der Waals surface area contributed by atoms with Crippen LogP contribution < -0.4 is 35.7 Å². The van der Waals surface area contributed by atoms with Gasteiger partial charge in [-0.1, -0.05) is 0 Å². The number of hydrogen-bond donors (Lipinski definition) is 0. The molecule has 0 spiro atoms. The third kappa shape index (κ3) is 49.7. The van der Waals surface area contributed by atoms with E-state index in [1.54, 1.807) is 0 Å². The van der Waals surface area contributed by atoms with Crippen LogP contribution in [0.2, 0.25) is 0 Å². The van der Waals surface area contributed by atoms with Gasteiger partial charge in [0.25, 0.3) is 0 Å². The first-order valence-corrected chi connectivity index (χ1v) is 56.4. The standard InChI is InChI=1S/8C15H24Se.8Ag/c8*1-9(2)12-7-13(10(3)4)15(16)14(8-12)11(5)6;;;;;;;;/h8*7-11,16H,1-6H3;;;;;;;;/q;;;;;;;;8*+1/p-8. The van der Waals surface area contributed by atoms with Gasteiger partial charge in [0, 0.05) is 0 Å². The van der Waals surface area contributed by atoms with E-state index in [2.05, 4.69) is 558 Å². The smallest absolute Gasteiger partial charge is 1.00 e. The van der Waals surface area contributed by atoms with Crippen LogP contribution in [0.4, 0.5) is 0 Å². The first kappa shape index (κ1) is 155. The second-order valence-electron chi connectivity index (χ2n) is 43.9. The average molecular weight is 3120 g/mol. The van der Waals surface area contributed by atoms with Gasteiger partial charge in [0.2, 0.25) is 0 Å². The minimum atomic E-state index is 0. The Bertz CT molecular complexity index is 3590. The molecular formula is C120H184Ag8Se8. The van der Waals surface area contributed by atoms with Crippen LogP contribution in [0.1, 0.15) is 608 Å². The molecule has 0 aliphatic carbocycles. The van der Waals surface area contributed by atoms with Gasteiger partial charge in [-0.3, -0.25) is 0 Å². The Morgan fingerprint density at radius 2 is 0.140 bits per heavy atom. The fourth-order valence-corrected chi connectivity index (χ4v) is 25.0. The molecular weight excluding hydrogens is 2940 g/mol. The van der Waals surface area contributed by atoms with E-state index in [0.29, 0.717) is 142 Å². The quantitative estimate of drug-likeness (QED) is 0.0529. The van der Waals surface area contributed by atoms with Crippen molar-refractivity contribution in [3.05, 3.63) is 231 Å². The monoisotopic (exact) mass is 3120 g/mol. The summed E-state index contributed by atoms with van der Waals surface area (Å²) in [6.07, 6.45) is 0. The molecule has 0 saturated heterocycles. The van der Waals surface area contributed by atoms with E-state index in [4.69, 9.17) is 0 Å². The largest absolute Gasteiger partial charge is 1.00 e. The number of hydrogen-bond acceptors (Lipinski definition) is 0. The summed E-state index contributed by atoms with van der Waals surface area (Å²) < 4.78 is 11.0. The van der Waals surface area contributed by atoms with Crippen LogP contribution in [0, 0.1) is 0 Å². The van der Waals surface area contributed by atoms with Crippen LogP contribution >= 0.6 is 0 Å². The Kier molecular flexibility index (Phi) is 85.3. The molecule has 0 bridgehead atoms. The summed E-state index contributed by atoms with van der Waals surface area (Å²) in [4.78, 5) is 0. The number of rotatable bonds is 24. The molecule has 0 unspecified atom stereocenters. The topological polar surface area (TPSA) is 0 Å². The zero-order chi connectivity index (χ0) is 99.6. The maximum atomic E-state index is 3.27. The molecule has 0 nitrogen and oxygen atoms in total. The van der Waals surface area contributed by atoms with Gasteiger partial charge in [-0.25, -0.2) is 0 Å². The van der Waals surface area contributed by atoms with Gasteiger partial charge < -0.3 is 0 Å². The van der Waals surface area contributed by atoms with E-state index in [9.17, 15) is 0 Å². The number of benzene rings is 8. The maximum absolute atomic E-state index is 3.27. The molecule has 0 aliphatic rings. The molecule has 8 aromatic carbocycles. The summed E-state index contributed by atoms with van der Waals surface area (Å²) >= 11 is 26.1. The van der Waals surface area contributed by atoms with E-state index in [1.165, 1.54) is 169 Å². The molecule has 0 saturated carbocycles. The summed E-state index contributed by atoms with van der Waals surface area (Å²) in [5, 5.41) is 0. The van der Waals surface area contributed by atoms with Gasteiger partial charge >= 0.3 is 1050 Å². The second kappa shape index (κ2) is 74.8. The fraction of sp³-hybridized carbons (Fsp3) is 0.600. The van der Waals surface area contributed by atoms with Crippen LogP contribution in [0.3, 0.4) is 0 Å². The Morgan fingerprint density at radius 1 is 0.0956 bits per heavy atom. The van der Waals surface area contributed by atoms with E-state index in [1.807, 2.05) is 0 Å². The van der Waals surface area contributed by atoms with Gasteiger partial charge in [0.05, 0.1) is 0 Å². The van der Waals surface area contributed by atoms with Gasteiger partial charge in [0.1, 0.15) is 0 Å². The Hall–Kier alpha value is 3.84. The zero-order valence-electron chi connectivity index (χ0n) is 92.8. The SMILES string of the molecule is CC(C)c1cc(C(C)C)c([Se-])c(C(C)C)c1.CC(C)c1cc(C(C)C)c([Se-])c(C(C)C)c1.CC(C)c1cc(C(C)C)c([Se-])c(C(C)C)c1.CC(C)c1cc(C(C)C)c([Se-])c(C(C)C)c1.CC(C)c1cc(C(C)C)c([Se-])c(C(C)C)c1.CC(C)c1cc(C(C)C)c([Se-])c(C(C)C)c1.CC(C)c1cc(C(C)C)c([Se-])c(C(C)C)c1.CC(C)c1cc(C(C)C)c([Se-])c(C(C)C)c1.[Ag+].[Ag+].[Ag+].[Ag+].[Ag+].[Ag+].[Ag+].[Ag+]. The molecule has 0 aliphatic heterocycles. The summed E-state index contributed by atoms with van der Waals surface area (Å²) in [7, 11) is 0. The predicted octanol–water partition coefficient (Wildman–Crippen LogP) is 30.8. The first-order valence-electron chi connectivity index (χ1n) is 49.5. The van der Waals surface area contributed by atoms with Crippen molar-refractivity contribution >= 4 is 164 Å². The molecule has 136 heavy (non-hydrogen) atoms. The maximum Gasteiger partial charge on any atom is 1.00 e. The van der Waals surface area contributed by atoms with Gasteiger partial charge in [-0.05, 0) is 0 Å².